The summed E-state index contributed by atoms with van der Waals surface area (Å²) in [5.41, 5.74) is 2.54. The minimum absolute atomic E-state index is 0.254. The van der Waals surface area contributed by atoms with Crippen LogP contribution >= 0.6 is 23.2 Å². The van der Waals surface area contributed by atoms with E-state index in [-0.39, 0.29) is 6.04 Å². The first kappa shape index (κ1) is 21.9. The SMILES string of the molecule is CCC(CC)N1C[C@@H](N(Cc2ccccc2Cl)c2ccc(C#N)c(Cl)c2)CCO1. The Bertz CT molecular complexity index is 863. The van der Waals surface area contributed by atoms with Crippen molar-refractivity contribution in [2.24, 2.45) is 0 Å². The Morgan fingerprint density at radius 2 is 1.93 bits per heavy atom. The first-order valence-corrected chi connectivity index (χ1v) is 10.9. The van der Waals surface area contributed by atoms with Gasteiger partial charge in [-0.3, -0.25) is 4.84 Å². The fraction of sp³-hybridized carbons (Fsp3) is 0.435. The summed E-state index contributed by atoms with van der Waals surface area (Å²) in [5, 5.41) is 12.6. The Morgan fingerprint density at radius 1 is 1.17 bits per heavy atom. The molecule has 6 heteroatoms. The lowest BCUT2D eigenvalue weighted by atomic mass is 10.0. The molecule has 0 spiro atoms. The molecule has 0 aromatic heterocycles. The van der Waals surface area contributed by atoms with Crippen LogP contribution in [0.4, 0.5) is 5.69 Å². The van der Waals surface area contributed by atoms with Crippen molar-refractivity contribution in [1.29, 1.82) is 5.26 Å². The highest BCUT2D eigenvalue weighted by atomic mass is 35.5. The molecule has 154 valence electrons. The highest BCUT2D eigenvalue weighted by Crippen LogP contribution is 2.30. The van der Waals surface area contributed by atoms with Gasteiger partial charge in [0, 0.05) is 35.9 Å². The van der Waals surface area contributed by atoms with Gasteiger partial charge in [-0.05, 0) is 49.1 Å². The Kier molecular flexibility index (Phi) is 7.80. The second kappa shape index (κ2) is 10.3. The summed E-state index contributed by atoms with van der Waals surface area (Å²) in [4.78, 5) is 8.32. The number of hydrogen-bond donors (Lipinski definition) is 0. The standard InChI is InChI=1S/C23H27Cl2N3O/c1-3-19(4-2)28-16-21(11-12-29-28)27(15-18-7-5-6-8-22(18)24)20-10-9-17(14-26)23(25)13-20/h5-10,13,19,21H,3-4,11-12,15-16H2,1-2H3/t21-/m0/s1. The normalized spacial score (nSPS) is 17.3. The molecule has 0 amide bonds. The van der Waals surface area contributed by atoms with Gasteiger partial charge >= 0.3 is 0 Å². The molecule has 0 saturated carbocycles. The van der Waals surface area contributed by atoms with Crippen molar-refractivity contribution in [2.75, 3.05) is 18.1 Å². The molecular formula is C23H27Cl2N3O. The zero-order valence-electron chi connectivity index (χ0n) is 16.9. The number of anilines is 1. The van der Waals surface area contributed by atoms with Crippen molar-refractivity contribution in [3.05, 3.63) is 63.6 Å². The quantitative estimate of drug-likeness (QED) is 0.533. The zero-order valence-corrected chi connectivity index (χ0v) is 18.5. The molecule has 0 N–H and O–H groups in total. The average molecular weight is 432 g/mol. The van der Waals surface area contributed by atoms with E-state index in [4.69, 9.17) is 28.0 Å². The summed E-state index contributed by atoms with van der Waals surface area (Å²) in [6, 6.07) is 16.4. The number of hydroxylamine groups is 2. The number of nitrogens with zero attached hydrogens (tertiary/aromatic N) is 3. The van der Waals surface area contributed by atoms with Crippen LogP contribution < -0.4 is 4.90 Å². The molecule has 2 aromatic rings. The summed E-state index contributed by atoms with van der Waals surface area (Å²) >= 11 is 12.8. The summed E-state index contributed by atoms with van der Waals surface area (Å²) in [5.74, 6) is 0. The van der Waals surface area contributed by atoms with Gasteiger partial charge in [-0.1, -0.05) is 55.2 Å². The third kappa shape index (κ3) is 5.24. The molecule has 0 aliphatic carbocycles. The van der Waals surface area contributed by atoms with Crippen LogP contribution in [0.3, 0.4) is 0 Å². The summed E-state index contributed by atoms with van der Waals surface area (Å²) in [6.45, 7) is 6.56. The minimum Gasteiger partial charge on any atom is -0.363 e. The summed E-state index contributed by atoms with van der Waals surface area (Å²) in [6.07, 6.45) is 3.02. The molecule has 1 aliphatic heterocycles. The van der Waals surface area contributed by atoms with Gasteiger partial charge in [0.05, 0.1) is 17.2 Å². The van der Waals surface area contributed by atoms with Crippen LogP contribution in [0.5, 0.6) is 0 Å². The highest BCUT2D eigenvalue weighted by Gasteiger charge is 2.30. The van der Waals surface area contributed by atoms with E-state index in [1.54, 1.807) is 6.07 Å². The van der Waals surface area contributed by atoms with Gasteiger partial charge in [0.2, 0.25) is 0 Å². The molecular weight excluding hydrogens is 405 g/mol. The van der Waals surface area contributed by atoms with E-state index in [0.29, 0.717) is 29.8 Å². The molecule has 2 aromatic carbocycles. The topological polar surface area (TPSA) is 39.5 Å². The number of rotatable bonds is 7. The van der Waals surface area contributed by atoms with E-state index in [0.717, 1.165) is 42.1 Å². The van der Waals surface area contributed by atoms with E-state index in [1.807, 2.05) is 30.3 Å². The minimum atomic E-state index is 0.254. The van der Waals surface area contributed by atoms with Crippen LogP contribution in [0.2, 0.25) is 10.0 Å². The van der Waals surface area contributed by atoms with Crippen molar-refractivity contribution in [1.82, 2.24) is 5.06 Å². The lowest BCUT2D eigenvalue weighted by molar-refractivity contribution is -0.211. The molecule has 0 bridgehead atoms. The summed E-state index contributed by atoms with van der Waals surface area (Å²) in [7, 11) is 0. The molecule has 29 heavy (non-hydrogen) atoms. The smallest absolute Gasteiger partial charge is 0.101 e. The molecule has 1 atom stereocenters. The molecule has 1 heterocycles. The van der Waals surface area contributed by atoms with E-state index in [9.17, 15) is 5.26 Å². The monoisotopic (exact) mass is 431 g/mol. The maximum Gasteiger partial charge on any atom is 0.101 e. The third-order valence-electron chi connectivity index (χ3n) is 5.59. The van der Waals surface area contributed by atoms with Crippen LogP contribution in [0, 0.1) is 11.3 Å². The van der Waals surface area contributed by atoms with Gasteiger partial charge in [0.15, 0.2) is 0 Å². The maximum absolute atomic E-state index is 9.23. The Labute approximate surface area is 183 Å². The van der Waals surface area contributed by atoms with Gasteiger partial charge in [-0.2, -0.15) is 10.3 Å². The van der Waals surface area contributed by atoms with Crippen LogP contribution in [0.15, 0.2) is 42.5 Å². The number of benzene rings is 2. The van der Waals surface area contributed by atoms with Crippen molar-refractivity contribution < 1.29 is 4.84 Å². The molecule has 1 aliphatic rings. The zero-order chi connectivity index (χ0) is 20.8. The molecule has 0 unspecified atom stereocenters. The Hall–Kier alpha value is -1.77. The van der Waals surface area contributed by atoms with Gasteiger partial charge in [0.1, 0.15) is 6.07 Å². The van der Waals surface area contributed by atoms with E-state index in [2.05, 4.69) is 35.9 Å². The predicted octanol–water partition coefficient (Wildman–Crippen LogP) is 6.07. The Morgan fingerprint density at radius 3 is 2.59 bits per heavy atom. The van der Waals surface area contributed by atoms with Crippen molar-refractivity contribution >= 4 is 28.9 Å². The molecule has 1 fully saturated rings. The number of halogens is 2. The average Bonchev–Trinajstić information content (AvgIpc) is 2.74. The van der Waals surface area contributed by atoms with Gasteiger partial charge < -0.3 is 4.90 Å². The van der Waals surface area contributed by atoms with Gasteiger partial charge in [-0.25, -0.2) is 0 Å². The molecule has 4 nitrogen and oxygen atoms in total. The van der Waals surface area contributed by atoms with Crippen LogP contribution in [0.1, 0.15) is 44.2 Å². The predicted molar refractivity (Wildman–Crippen MR) is 119 cm³/mol. The molecule has 0 radical (unpaired) electrons. The number of hydrogen-bond acceptors (Lipinski definition) is 4. The highest BCUT2D eigenvalue weighted by molar-refractivity contribution is 6.32. The van der Waals surface area contributed by atoms with Gasteiger partial charge in [0.25, 0.3) is 0 Å². The molecule has 3 rings (SSSR count). The van der Waals surface area contributed by atoms with Crippen LogP contribution in [0.25, 0.3) is 0 Å². The second-order valence-electron chi connectivity index (χ2n) is 7.34. The second-order valence-corrected chi connectivity index (χ2v) is 8.16. The van der Waals surface area contributed by atoms with Crippen molar-refractivity contribution in [3.63, 3.8) is 0 Å². The largest absolute Gasteiger partial charge is 0.363 e. The molecule has 1 saturated heterocycles. The first-order valence-electron chi connectivity index (χ1n) is 10.2. The van der Waals surface area contributed by atoms with Crippen molar-refractivity contribution in [3.8, 4) is 6.07 Å². The van der Waals surface area contributed by atoms with E-state index >= 15 is 0 Å². The van der Waals surface area contributed by atoms with Crippen LogP contribution in [-0.2, 0) is 11.4 Å². The van der Waals surface area contributed by atoms with E-state index in [1.165, 1.54) is 0 Å². The maximum atomic E-state index is 9.23. The Balaban J connectivity index is 1.93. The summed E-state index contributed by atoms with van der Waals surface area (Å²) < 4.78 is 0. The first-order chi connectivity index (χ1) is 14.1. The lowest BCUT2D eigenvalue weighted by Crippen LogP contribution is -2.51. The van der Waals surface area contributed by atoms with Crippen LogP contribution in [-0.4, -0.2) is 30.3 Å². The van der Waals surface area contributed by atoms with E-state index < -0.39 is 0 Å². The lowest BCUT2D eigenvalue weighted by Gasteiger charge is -2.42. The number of nitriles is 1. The van der Waals surface area contributed by atoms with Gasteiger partial charge in [-0.15, -0.1) is 0 Å². The fourth-order valence-corrected chi connectivity index (χ4v) is 4.29. The van der Waals surface area contributed by atoms with Crippen molar-refractivity contribution in [2.45, 2.75) is 51.7 Å². The third-order valence-corrected chi connectivity index (χ3v) is 6.27. The fourth-order valence-electron chi connectivity index (χ4n) is 3.88.